The minimum Gasteiger partial charge on any atom is -0.0683 e. The second-order valence-corrected chi connectivity index (χ2v) is 14.7. The van der Waals surface area contributed by atoms with E-state index < -0.39 is 8.07 Å². The molecule has 140 valence electrons. The highest BCUT2D eigenvalue weighted by atomic mass is 28.3. The van der Waals surface area contributed by atoms with Crippen molar-refractivity contribution in [3.05, 3.63) is 75.4 Å². The molecule has 0 aliphatic heterocycles. The van der Waals surface area contributed by atoms with Gasteiger partial charge in [0.15, 0.2) is 0 Å². The van der Waals surface area contributed by atoms with Crippen LogP contribution in [0.25, 0.3) is 12.2 Å². The second-order valence-electron chi connectivity index (χ2n) is 10.2. The van der Waals surface area contributed by atoms with Crippen LogP contribution in [0.2, 0.25) is 13.1 Å². The third kappa shape index (κ3) is 2.97. The van der Waals surface area contributed by atoms with Crippen molar-refractivity contribution >= 4 is 25.4 Å². The van der Waals surface area contributed by atoms with Gasteiger partial charge in [0.2, 0.25) is 0 Å². The van der Waals surface area contributed by atoms with Gasteiger partial charge in [0, 0.05) is 5.54 Å². The molecular weight excluding hydrogens is 340 g/mol. The molecule has 0 saturated carbocycles. The number of allylic oxidation sites excluding steroid dienone is 2. The lowest BCUT2D eigenvalue weighted by atomic mass is 9.85. The van der Waals surface area contributed by atoms with Gasteiger partial charge in [-0.25, -0.2) is 0 Å². The van der Waals surface area contributed by atoms with Gasteiger partial charge in [0.1, 0.15) is 0 Å². The molecule has 0 spiro atoms. The first-order valence-electron chi connectivity index (χ1n) is 10.2. The van der Waals surface area contributed by atoms with Gasteiger partial charge in [-0.2, -0.15) is 0 Å². The summed E-state index contributed by atoms with van der Waals surface area (Å²) in [6.07, 6.45) is 5.97. The van der Waals surface area contributed by atoms with E-state index >= 15 is 0 Å². The van der Waals surface area contributed by atoms with Gasteiger partial charge in [-0.1, -0.05) is 98.7 Å². The van der Waals surface area contributed by atoms with Gasteiger partial charge in [0.25, 0.3) is 0 Å². The first-order valence-corrected chi connectivity index (χ1v) is 13.3. The normalized spacial score (nSPS) is 18.9. The number of hydrogen-bond donors (Lipinski definition) is 0. The molecule has 0 saturated heterocycles. The quantitative estimate of drug-likeness (QED) is 0.521. The topological polar surface area (TPSA) is 0 Å². The highest BCUT2D eigenvalue weighted by Gasteiger charge is 2.41. The first-order chi connectivity index (χ1) is 12.6. The summed E-state index contributed by atoms with van der Waals surface area (Å²) in [5.41, 5.74) is 11.3. The Morgan fingerprint density at radius 2 is 1.63 bits per heavy atom. The van der Waals surface area contributed by atoms with Crippen LogP contribution in [0.3, 0.4) is 0 Å². The molecule has 4 rings (SSSR count). The van der Waals surface area contributed by atoms with E-state index in [2.05, 4.69) is 96.3 Å². The van der Waals surface area contributed by atoms with Gasteiger partial charge >= 0.3 is 0 Å². The van der Waals surface area contributed by atoms with E-state index in [1.54, 1.807) is 21.9 Å². The predicted molar refractivity (Wildman–Crippen MR) is 122 cm³/mol. The smallest absolute Gasteiger partial charge is 0.0683 e. The number of fused-ring (bicyclic) bond motifs is 2. The van der Waals surface area contributed by atoms with Crippen LogP contribution in [0.5, 0.6) is 0 Å². The maximum absolute atomic E-state index is 2.59. The van der Waals surface area contributed by atoms with Crippen LogP contribution < -0.4 is 5.19 Å². The van der Waals surface area contributed by atoms with Gasteiger partial charge < -0.3 is 0 Å². The molecule has 0 bridgehead atoms. The number of rotatable bonds is 2. The summed E-state index contributed by atoms with van der Waals surface area (Å²) in [5, 5.41) is 1.67. The van der Waals surface area contributed by atoms with Crippen molar-refractivity contribution in [2.75, 3.05) is 0 Å². The summed E-state index contributed by atoms with van der Waals surface area (Å²) in [6, 6.07) is 14.1. The SMILES string of the molecule is CC1=Cc2cc(C(C)(C)C)cc([Si](C)(C)C3C(C)=Cc4ccccc43)c2C1. The lowest BCUT2D eigenvalue weighted by Crippen LogP contribution is -2.50. The van der Waals surface area contributed by atoms with Crippen molar-refractivity contribution in [1.29, 1.82) is 0 Å². The molecular formula is C26H32Si. The molecule has 2 aliphatic rings. The molecule has 0 radical (unpaired) electrons. The van der Waals surface area contributed by atoms with E-state index in [0.29, 0.717) is 5.54 Å². The predicted octanol–water partition coefficient (Wildman–Crippen LogP) is 6.60. The highest BCUT2D eigenvalue weighted by molar-refractivity contribution is 6.92. The van der Waals surface area contributed by atoms with Gasteiger partial charge in [-0.05, 0) is 53.5 Å². The summed E-state index contributed by atoms with van der Waals surface area (Å²) < 4.78 is 0. The Hall–Kier alpha value is -1.86. The average Bonchev–Trinajstić information content (AvgIpc) is 3.10. The molecule has 0 fully saturated rings. The molecule has 1 atom stereocenters. The standard InChI is InChI=1S/C26H32Si/c1-17-12-20-15-21(26(3,4)5)16-24(23(20)13-17)27(6,7)25-18(2)14-19-10-8-9-11-22(19)25/h8-12,14-16,25H,13H2,1-7H3. The summed E-state index contributed by atoms with van der Waals surface area (Å²) in [7, 11) is -1.76. The third-order valence-electron chi connectivity index (χ3n) is 6.57. The van der Waals surface area contributed by atoms with Crippen LogP contribution in [0.4, 0.5) is 0 Å². The maximum Gasteiger partial charge on any atom is 0.0927 e. The van der Waals surface area contributed by atoms with Crippen LogP contribution >= 0.6 is 0 Å². The van der Waals surface area contributed by atoms with Crippen molar-refractivity contribution in [1.82, 2.24) is 0 Å². The second kappa shape index (κ2) is 6.07. The van der Waals surface area contributed by atoms with Gasteiger partial charge in [-0.15, -0.1) is 0 Å². The van der Waals surface area contributed by atoms with Crippen molar-refractivity contribution in [2.45, 2.75) is 65.1 Å². The fraction of sp³-hybridized carbons (Fsp3) is 0.385. The Morgan fingerprint density at radius 1 is 0.926 bits per heavy atom. The van der Waals surface area contributed by atoms with Crippen LogP contribution in [-0.4, -0.2) is 8.07 Å². The summed E-state index contributed by atoms with van der Waals surface area (Å²) in [6.45, 7) is 16.8. The van der Waals surface area contributed by atoms with E-state index in [4.69, 9.17) is 0 Å². The molecule has 1 heteroatoms. The number of hydrogen-bond acceptors (Lipinski definition) is 0. The van der Waals surface area contributed by atoms with Crippen LogP contribution in [0.15, 0.2) is 47.5 Å². The van der Waals surface area contributed by atoms with Crippen molar-refractivity contribution in [3.63, 3.8) is 0 Å². The molecule has 2 aliphatic carbocycles. The minimum absolute atomic E-state index is 0.178. The lowest BCUT2D eigenvalue weighted by Gasteiger charge is -2.35. The van der Waals surface area contributed by atoms with Crippen molar-refractivity contribution in [2.24, 2.45) is 0 Å². The van der Waals surface area contributed by atoms with E-state index in [1.165, 1.54) is 22.3 Å². The van der Waals surface area contributed by atoms with E-state index in [9.17, 15) is 0 Å². The Bertz CT molecular complexity index is 980. The fourth-order valence-electron chi connectivity index (χ4n) is 5.22. The molecule has 0 heterocycles. The third-order valence-corrected chi connectivity index (χ3v) is 10.6. The van der Waals surface area contributed by atoms with Crippen LogP contribution in [0.1, 0.15) is 68.0 Å². The zero-order valence-electron chi connectivity index (χ0n) is 17.9. The van der Waals surface area contributed by atoms with Crippen molar-refractivity contribution in [3.8, 4) is 0 Å². The summed E-state index contributed by atoms with van der Waals surface area (Å²) in [5.74, 6) is 0. The van der Waals surface area contributed by atoms with E-state index in [0.717, 1.165) is 6.42 Å². The van der Waals surface area contributed by atoms with Crippen LogP contribution in [-0.2, 0) is 11.8 Å². The summed E-state index contributed by atoms with van der Waals surface area (Å²) in [4.78, 5) is 0. The van der Waals surface area contributed by atoms with E-state index in [1.807, 2.05) is 0 Å². The zero-order valence-corrected chi connectivity index (χ0v) is 18.9. The summed E-state index contributed by atoms with van der Waals surface area (Å²) >= 11 is 0. The molecule has 0 aromatic heterocycles. The van der Waals surface area contributed by atoms with E-state index in [-0.39, 0.29) is 5.41 Å². The lowest BCUT2D eigenvalue weighted by molar-refractivity contribution is 0.590. The minimum atomic E-state index is -1.76. The number of benzene rings is 2. The Kier molecular flexibility index (Phi) is 4.16. The molecule has 0 nitrogen and oxygen atoms in total. The molecule has 27 heavy (non-hydrogen) atoms. The van der Waals surface area contributed by atoms with Gasteiger partial charge in [-0.3, -0.25) is 0 Å². The molecule has 0 N–H and O–H groups in total. The molecule has 1 unspecified atom stereocenters. The Labute approximate surface area is 166 Å². The Balaban J connectivity index is 1.91. The van der Waals surface area contributed by atoms with Crippen LogP contribution in [0, 0.1) is 0 Å². The zero-order chi connectivity index (χ0) is 19.6. The first kappa shape index (κ1) is 18.5. The Morgan fingerprint density at radius 3 is 2.33 bits per heavy atom. The maximum atomic E-state index is 2.59. The molecule has 2 aromatic rings. The highest BCUT2D eigenvalue weighted by Crippen LogP contribution is 2.43. The monoisotopic (exact) mass is 372 g/mol. The molecule has 0 amide bonds. The average molecular weight is 373 g/mol. The van der Waals surface area contributed by atoms with Gasteiger partial charge in [0.05, 0.1) is 8.07 Å². The largest absolute Gasteiger partial charge is 0.0927 e. The van der Waals surface area contributed by atoms with Crippen molar-refractivity contribution < 1.29 is 0 Å². The fourth-order valence-corrected chi connectivity index (χ4v) is 9.33. The molecule has 2 aromatic carbocycles.